The lowest BCUT2D eigenvalue weighted by Gasteiger charge is -2.20. The normalized spacial score (nSPS) is 15.8. The summed E-state index contributed by atoms with van der Waals surface area (Å²) < 4.78 is 1.58. The van der Waals surface area contributed by atoms with Crippen molar-refractivity contribution in [1.29, 1.82) is 0 Å². The van der Waals surface area contributed by atoms with Gasteiger partial charge in [0, 0.05) is 5.56 Å². The van der Waals surface area contributed by atoms with Gasteiger partial charge in [-0.15, -0.1) is 0 Å². The standard InChI is InChI=1S/C22H19NO4/c24-21(25)17-11-12-19-18(13-17)14-20(15-7-3-1-4-8-15)23(19)27-22(26)16-9-5-2-6-10-16/h1-10,14,17H,11-13H2,(H,24,25). The summed E-state index contributed by atoms with van der Waals surface area (Å²) >= 11 is 0. The van der Waals surface area contributed by atoms with Crippen molar-refractivity contribution in [2.75, 3.05) is 0 Å². The average Bonchev–Trinajstić information content (AvgIpc) is 3.07. The number of benzene rings is 2. The van der Waals surface area contributed by atoms with Gasteiger partial charge in [-0.25, -0.2) is 4.79 Å². The molecule has 5 heteroatoms. The summed E-state index contributed by atoms with van der Waals surface area (Å²) in [7, 11) is 0. The molecule has 0 saturated carbocycles. The smallest absolute Gasteiger partial charge is 0.363 e. The molecule has 1 aliphatic carbocycles. The number of carbonyl (C=O) groups is 2. The van der Waals surface area contributed by atoms with Gasteiger partial charge in [0.05, 0.1) is 22.9 Å². The van der Waals surface area contributed by atoms with Crippen molar-refractivity contribution in [1.82, 2.24) is 4.73 Å². The van der Waals surface area contributed by atoms with E-state index in [1.165, 1.54) is 0 Å². The van der Waals surface area contributed by atoms with Crippen LogP contribution >= 0.6 is 0 Å². The SMILES string of the molecule is O=C(On1c(-c2ccccc2)cc2c1CCC(C(=O)O)C2)c1ccccc1. The highest BCUT2D eigenvalue weighted by Gasteiger charge is 2.29. The molecule has 27 heavy (non-hydrogen) atoms. The third kappa shape index (κ3) is 3.36. The van der Waals surface area contributed by atoms with Crippen molar-refractivity contribution < 1.29 is 19.5 Å². The fourth-order valence-electron chi connectivity index (χ4n) is 3.53. The van der Waals surface area contributed by atoms with Crippen LogP contribution < -0.4 is 4.84 Å². The predicted molar refractivity (Wildman–Crippen MR) is 100 cm³/mol. The van der Waals surface area contributed by atoms with Gasteiger partial charge in [-0.3, -0.25) is 4.79 Å². The van der Waals surface area contributed by atoms with E-state index < -0.39 is 17.9 Å². The third-order valence-electron chi connectivity index (χ3n) is 4.94. The highest BCUT2D eigenvalue weighted by atomic mass is 16.7. The molecule has 1 heterocycles. The number of carboxylic acids is 1. The lowest BCUT2D eigenvalue weighted by molar-refractivity contribution is -0.142. The first kappa shape index (κ1) is 17.1. The summed E-state index contributed by atoms with van der Waals surface area (Å²) in [6.07, 6.45) is 1.53. The van der Waals surface area contributed by atoms with Gasteiger partial charge in [-0.05, 0) is 43.0 Å². The largest absolute Gasteiger partial charge is 0.481 e. The van der Waals surface area contributed by atoms with Crippen LogP contribution in [0.2, 0.25) is 0 Å². The first-order chi connectivity index (χ1) is 13.1. The quantitative estimate of drug-likeness (QED) is 0.771. The molecule has 0 amide bonds. The van der Waals surface area contributed by atoms with Crippen LogP contribution in [0.1, 0.15) is 28.0 Å². The van der Waals surface area contributed by atoms with E-state index >= 15 is 0 Å². The molecule has 3 aromatic rings. The maximum absolute atomic E-state index is 12.6. The van der Waals surface area contributed by atoms with Crippen molar-refractivity contribution in [2.45, 2.75) is 19.3 Å². The van der Waals surface area contributed by atoms with Gasteiger partial charge >= 0.3 is 11.9 Å². The third-order valence-corrected chi connectivity index (χ3v) is 4.94. The van der Waals surface area contributed by atoms with E-state index in [9.17, 15) is 14.7 Å². The van der Waals surface area contributed by atoms with Gasteiger partial charge in [0.1, 0.15) is 0 Å². The van der Waals surface area contributed by atoms with Crippen LogP contribution in [0.4, 0.5) is 0 Å². The van der Waals surface area contributed by atoms with Crippen molar-refractivity contribution >= 4 is 11.9 Å². The van der Waals surface area contributed by atoms with Crippen molar-refractivity contribution in [3.8, 4) is 11.3 Å². The van der Waals surface area contributed by atoms with Gasteiger partial charge in [-0.1, -0.05) is 48.5 Å². The lowest BCUT2D eigenvalue weighted by atomic mass is 9.88. The monoisotopic (exact) mass is 361 g/mol. The molecular formula is C22H19NO4. The molecule has 0 fully saturated rings. The number of carbonyl (C=O) groups excluding carboxylic acids is 1. The van der Waals surface area contributed by atoms with Crippen molar-refractivity contribution in [3.63, 3.8) is 0 Å². The minimum absolute atomic E-state index is 0.401. The first-order valence-electron chi connectivity index (χ1n) is 8.93. The molecular weight excluding hydrogens is 342 g/mol. The molecule has 1 aliphatic rings. The number of hydrogen-bond donors (Lipinski definition) is 1. The average molecular weight is 361 g/mol. The zero-order valence-corrected chi connectivity index (χ0v) is 14.7. The number of fused-ring (bicyclic) bond motifs is 1. The number of rotatable bonds is 4. The second kappa shape index (κ2) is 7.11. The maximum atomic E-state index is 12.6. The summed E-state index contributed by atoms with van der Waals surface area (Å²) in [6, 6.07) is 20.4. The molecule has 0 spiro atoms. The van der Waals surface area contributed by atoms with Crippen LogP contribution in [0.5, 0.6) is 0 Å². The fraction of sp³-hybridized carbons (Fsp3) is 0.182. The Morgan fingerprint density at radius 3 is 2.33 bits per heavy atom. The number of aromatic nitrogens is 1. The number of hydrogen-bond acceptors (Lipinski definition) is 3. The van der Waals surface area contributed by atoms with Crippen LogP contribution in [-0.2, 0) is 17.6 Å². The molecule has 1 N–H and O–H groups in total. The molecule has 1 aromatic heterocycles. The molecule has 0 bridgehead atoms. The summed E-state index contributed by atoms with van der Waals surface area (Å²) in [5, 5.41) is 9.36. The predicted octanol–water partition coefficient (Wildman–Crippen LogP) is 3.61. The zero-order valence-electron chi connectivity index (χ0n) is 14.7. The topological polar surface area (TPSA) is 68.5 Å². The van der Waals surface area contributed by atoms with Gasteiger partial charge in [0.15, 0.2) is 0 Å². The van der Waals surface area contributed by atoms with Crippen LogP contribution in [0.15, 0.2) is 66.7 Å². The molecule has 1 unspecified atom stereocenters. The molecule has 136 valence electrons. The van der Waals surface area contributed by atoms with E-state index in [0.29, 0.717) is 24.8 Å². The Kier molecular flexibility index (Phi) is 4.50. The number of nitrogens with zero attached hydrogens (tertiary/aromatic N) is 1. The Morgan fingerprint density at radius 1 is 1.00 bits per heavy atom. The van der Waals surface area contributed by atoms with Crippen LogP contribution in [0.3, 0.4) is 0 Å². The van der Waals surface area contributed by atoms with Crippen LogP contribution in [0, 0.1) is 5.92 Å². The van der Waals surface area contributed by atoms with Crippen molar-refractivity contribution in [3.05, 3.63) is 83.6 Å². The molecule has 5 nitrogen and oxygen atoms in total. The van der Waals surface area contributed by atoms with Gasteiger partial charge < -0.3 is 9.94 Å². The molecule has 2 aromatic carbocycles. The maximum Gasteiger partial charge on any atom is 0.363 e. The van der Waals surface area contributed by atoms with E-state index in [-0.39, 0.29) is 0 Å². The summed E-state index contributed by atoms with van der Waals surface area (Å²) in [5.41, 5.74) is 3.94. The minimum Gasteiger partial charge on any atom is -0.481 e. The van der Waals surface area contributed by atoms with Crippen LogP contribution in [0.25, 0.3) is 11.3 Å². The number of carboxylic acid groups (broad SMARTS) is 1. The Balaban J connectivity index is 1.75. The van der Waals surface area contributed by atoms with E-state index in [1.54, 1.807) is 29.0 Å². The second-order valence-electron chi connectivity index (χ2n) is 6.68. The molecule has 0 saturated heterocycles. The molecule has 1 atom stereocenters. The fourth-order valence-corrected chi connectivity index (χ4v) is 3.53. The van der Waals surface area contributed by atoms with E-state index in [1.807, 2.05) is 42.5 Å². The number of aliphatic carboxylic acids is 1. The zero-order chi connectivity index (χ0) is 18.8. The molecule has 0 radical (unpaired) electrons. The second-order valence-corrected chi connectivity index (χ2v) is 6.68. The van der Waals surface area contributed by atoms with E-state index in [2.05, 4.69) is 0 Å². The summed E-state index contributed by atoms with van der Waals surface area (Å²) in [4.78, 5) is 29.8. The summed E-state index contributed by atoms with van der Waals surface area (Å²) in [6.45, 7) is 0. The van der Waals surface area contributed by atoms with Gasteiger partial charge in [0.2, 0.25) is 0 Å². The Labute approximate surface area is 156 Å². The van der Waals surface area contributed by atoms with E-state index in [4.69, 9.17) is 4.84 Å². The highest BCUT2D eigenvalue weighted by Crippen LogP contribution is 2.32. The molecule has 4 rings (SSSR count). The van der Waals surface area contributed by atoms with Crippen LogP contribution in [-0.4, -0.2) is 21.8 Å². The Hall–Kier alpha value is -3.34. The lowest BCUT2D eigenvalue weighted by Crippen LogP contribution is -2.27. The summed E-state index contributed by atoms with van der Waals surface area (Å²) in [5.74, 6) is -1.62. The van der Waals surface area contributed by atoms with Gasteiger partial charge in [-0.2, -0.15) is 4.73 Å². The van der Waals surface area contributed by atoms with E-state index in [0.717, 1.165) is 22.5 Å². The Morgan fingerprint density at radius 2 is 1.67 bits per heavy atom. The minimum atomic E-state index is -0.782. The Bertz CT molecular complexity index is 976. The molecule has 0 aliphatic heterocycles. The first-order valence-corrected chi connectivity index (χ1v) is 8.93. The van der Waals surface area contributed by atoms with Crippen molar-refractivity contribution in [2.24, 2.45) is 5.92 Å². The highest BCUT2D eigenvalue weighted by molar-refractivity contribution is 5.89. The van der Waals surface area contributed by atoms with Gasteiger partial charge in [0.25, 0.3) is 0 Å².